The van der Waals surface area contributed by atoms with Crippen molar-refractivity contribution in [2.45, 2.75) is 52.0 Å². The van der Waals surface area contributed by atoms with Crippen LogP contribution in [-0.4, -0.2) is 29.8 Å². The molecule has 2 heteroatoms. The van der Waals surface area contributed by atoms with Gasteiger partial charge in [-0.3, -0.25) is 0 Å². The average Bonchev–Trinajstić information content (AvgIpc) is 2.19. The molecule has 2 unspecified atom stereocenters. The molecule has 84 valence electrons. The summed E-state index contributed by atoms with van der Waals surface area (Å²) in [6.45, 7) is 7.42. The normalized spacial score (nSPS) is 29.4. The van der Waals surface area contributed by atoms with Crippen molar-refractivity contribution < 1.29 is 0 Å². The van der Waals surface area contributed by atoms with Crippen LogP contribution in [0.1, 0.15) is 46.0 Å². The number of thiol groups is 1. The zero-order chi connectivity index (χ0) is 10.4. The molecule has 1 nitrogen and oxygen atoms in total. The van der Waals surface area contributed by atoms with E-state index in [0.29, 0.717) is 0 Å². The standard InChI is InChI=1S/C12H25NS/c1-11-7-6-9-13(12(11)2)8-4-3-5-10-14/h11-12,14H,3-10H2,1-2H3. The van der Waals surface area contributed by atoms with E-state index in [1.807, 2.05) is 0 Å². The maximum Gasteiger partial charge on any atom is 0.00925 e. The second kappa shape index (κ2) is 6.73. The Morgan fingerprint density at radius 2 is 2.00 bits per heavy atom. The summed E-state index contributed by atoms with van der Waals surface area (Å²) in [6.07, 6.45) is 6.81. The van der Waals surface area contributed by atoms with Gasteiger partial charge in [-0.2, -0.15) is 12.6 Å². The zero-order valence-electron chi connectivity index (χ0n) is 9.71. The number of unbranched alkanes of at least 4 members (excludes halogenated alkanes) is 2. The predicted octanol–water partition coefficient (Wildman–Crippen LogP) is 3.21. The highest BCUT2D eigenvalue weighted by Crippen LogP contribution is 2.22. The fourth-order valence-corrected chi connectivity index (χ4v) is 2.56. The molecule has 1 rings (SSSR count). The van der Waals surface area contributed by atoms with E-state index in [1.165, 1.54) is 45.2 Å². The molecule has 14 heavy (non-hydrogen) atoms. The van der Waals surface area contributed by atoms with Crippen molar-refractivity contribution in [3.63, 3.8) is 0 Å². The average molecular weight is 215 g/mol. The molecule has 1 aliphatic heterocycles. The largest absolute Gasteiger partial charge is 0.300 e. The Labute approximate surface area is 94.7 Å². The highest BCUT2D eigenvalue weighted by atomic mass is 32.1. The summed E-state index contributed by atoms with van der Waals surface area (Å²) in [5, 5.41) is 0. The number of rotatable bonds is 5. The number of hydrogen-bond donors (Lipinski definition) is 1. The number of hydrogen-bond acceptors (Lipinski definition) is 2. The van der Waals surface area contributed by atoms with Crippen LogP contribution in [0.2, 0.25) is 0 Å². The SMILES string of the molecule is CC1CCCN(CCCCCS)C1C. The van der Waals surface area contributed by atoms with Gasteiger partial charge in [-0.05, 0) is 57.4 Å². The Morgan fingerprint density at radius 1 is 1.21 bits per heavy atom. The molecule has 0 amide bonds. The van der Waals surface area contributed by atoms with E-state index in [0.717, 1.165) is 17.7 Å². The molecule has 0 aromatic carbocycles. The van der Waals surface area contributed by atoms with E-state index >= 15 is 0 Å². The van der Waals surface area contributed by atoms with E-state index in [4.69, 9.17) is 0 Å². The topological polar surface area (TPSA) is 3.24 Å². The first-order valence-corrected chi connectivity index (χ1v) is 6.74. The molecule has 1 saturated heterocycles. The summed E-state index contributed by atoms with van der Waals surface area (Å²) in [7, 11) is 0. The molecule has 0 aromatic rings. The minimum Gasteiger partial charge on any atom is -0.300 e. The molecule has 2 atom stereocenters. The minimum atomic E-state index is 0.805. The van der Waals surface area contributed by atoms with Crippen LogP contribution in [0.5, 0.6) is 0 Å². The first-order chi connectivity index (χ1) is 6.75. The fourth-order valence-electron chi connectivity index (χ4n) is 2.34. The van der Waals surface area contributed by atoms with Crippen LogP contribution in [0.25, 0.3) is 0 Å². The number of nitrogens with zero attached hydrogens (tertiary/aromatic N) is 1. The second-order valence-electron chi connectivity index (χ2n) is 4.68. The van der Waals surface area contributed by atoms with Crippen molar-refractivity contribution >= 4 is 12.6 Å². The molecule has 1 heterocycles. The van der Waals surface area contributed by atoms with Gasteiger partial charge in [-0.25, -0.2) is 0 Å². The van der Waals surface area contributed by atoms with Gasteiger partial charge in [0, 0.05) is 6.04 Å². The Balaban J connectivity index is 2.15. The van der Waals surface area contributed by atoms with E-state index in [1.54, 1.807) is 0 Å². The van der Waals surface area contributed by atoms with Crippen molar-refractivity contribution in [3.8, 4) is 0 Å². The van der Waals surface area contributed by atoms with Crippen molar-refractivity contribution in [1.82, 2.24) is 4.90 Å². The highest BCUT2D eigenvalue weighted by molar-refractivity contribution is 7.80. The molecule has 1 fully saturated rings. The van der Waals surface area contributed by atoms with Crippen LogP contribution >= 0.6 is 12.6 Å². The van der Waals surface area contributed by atoms with Gasteiger partial charge in [0.05, 0.1) is 0 Å². The fraction of sp³-hybridized carbons (Fsp3) is 1.00. The van der Waals surface area contributed by atoms with E-state index in [-0.39, 0.29) is 0 Å². The maximum absolute atomic E-state index is 4.24. The zero-order valence-corrected chi connectivity index (χ0v) is 10.6. The van der Waals surface area contributed by atoms with Crippen molar-refractivity contribution in [3.05, 3.63) is 0 Å². The quantitative estimate of drug-likeness (QED) is 0.544. The summed E-state index contributed by atoms with van der Waals surface area (Å²) in [5.41, 5.74) is 0. The van der Waals surface area contributed by atoms with Gasteiger partial charge in [0.1, 0.15) is 0 Å². The Kier molecular flexibility index (Phi) is 5.95. The van der Waals surface area contributed by atoms with E-state index < -0.39 is 0 Å². The van der Waals surface area contributed by atoms with Gasteiger partial charge in [0.15, 0.2) is 0 Å². The Morgan fingerprint density at radius 3 is 2.71 bits per heavy atom. The molecule has 0 aromatic heterocycles. The minimum absolute atomic E-state index is 0.805. The van der Waals surface area contributed by atoms with Gasteiger partial charge in [0.2, 0.25) is 0 Å². The van der Waals surface area contributed by atoms with Gasteiger partial charge in [-0.1, -0.05) is 13.3 Å². The first-order valence-electron chi connectivity index (χ1n) is 6.10. The third-order valence-corrected chi connectivity index (χ3v) is 3.92. The van der Waals surface area contributed by atoms with Crippen LogP contribution in [0.4, 0.5) is 0 Å². The van der Waals surface area contributed by atoms with Crippen molar-refractivity contribution in [2.24, 2.45) is 5.92 Å². The molecular weight excluding hydrogens is 190 g/mol. The number of likely N-dealkylation sites (tertiary alicyclic amines) is 1. The molecule has 0 saturated carbocycles. The lowest BCUT2D eigenvalue weighted by atomic mass is 9.92. The summed E-state index contributed by atoms with van der Waals surface area (Å²) < 4.78 is 0. The smallest absolute Gasteiger partial charge is 0.00925 e. The first kappa shape index (κ1) is 12.4. The van der Waals surface area contributed by atoms with Crippen molar-refractivity contribution in [1.29, 1.82) is 0 Å². The Bertz CT molecular complexity index is 149. The third-order valence-electron chi connectivity index (χ3n) is 3.61. The van der Waals surface area contributed by atoms with Crippen LogP contribution in [0, 0.1) is 5.92 Å². The van der Waals surface area contributed by atoms with Crippen molar-refractivity contribution in [2.75, 3.05) is 18.8 Å². The van der Waals surface area contributed by atoms with Crippen LogP contribution < -0.4 is 0 Å². The molecule has 0 N–H and O–H groups in total. The lowest BCUT2D eigenvalue weighted by Crippen LogP contribution is -2.42. The molecule has 0 radical (unpaired) electrons. The van der Waals surface area contributed by atoms with Gasteiger partial charge in [0.25, 0.3) is 0 Å². The summed E-state index contributed by atoms with van der Waals surface area (Å²) >= 11 is 4.24. The summed E-state index contributed by atoms with van der Waals surface area (Å²) in [6, 6.07) is 0.805. The third kappa shape index (κ3) is 3.82. The van der Waals surface area contributed by atoms with E-state index in [2.05, 4.69) is 31.4 Å². The molecule has 0 spiro atoms. The monoisotopic (exact) mass is 215 g/mol. The molecular formula is C12H25NS. The van der Waals surface area contributed by atoms with E-state index in [9.17, 15) is 0 Å². The molecule has 0 aliphatic carbocycles. The van der Waals surface area contributed by atoms with Gasteiger partial charge in [-0.15, -0.1) is 0 Å². The molecule has 0 bridgehead atoms. The van der Waals surface area contributed by atoms with Crippen LogP contribution in [0.3, 0.4) is 0 Å². The number of piperidine rings is 1. The van der Waals surface area contributed by atoms with Gasteiger partial charge >= 0.3 is 0 Å². The second-order valence-corrected chi connectivity index (χ2v) is 5.13. The summed E-state index contributed by atoms with van der Waals surface area (Å²) in [5.74, 6) is 1.94. The predicted molar refractivity (Wildman–Crippen MR) is 67.1 cm³/mol. The van der Waals surface area contributed by atoms with Crippen LogP contribution in [-0.2, 0) is 0 Å². The highest BCUT2D eigenvalue weighted by Gasteiger charge is 2.23. The molecule has 1 aliphatic rings. The summed E-state index contributed by atoms with van der Waals surface area (Å²) in [4.78, 5) is 2.67. The lowest BCUT2D eigenvalue weighted by Gasteiger charge is -2.37. The van der Waals surface area contributed by atoms with Gasteiger partial charge < -0.3 is 4.90 Å². The van der Waals surface area contributed by atoms with Crippen LogP contribution in [0.15, 0.2) is 0 Å². The Hall–Kier alpha value is 0.310. The maximum atomic E-state index is 4.24. The lowest BCUT2D eigenvalue weighted by molar-refractivity contribution is 0.112.